The van der Waals surface area contributed by atoms with Gasteiger partial charge in [0.25, 0.3) is 0 Å². The van der Waals surface area contributed by atoms with Crippen LogP contribution in [-0.2, 0) is 6.42 Å². The molecule has 0 saturated heterocycles. The van der Waals surface area contributed by atoms with Gasteiger partial charge in [-0.15, -0.1) is 11.3 Å². The van der Waals surface area contributed by atoms with Gasteiger partial charge >= 0.3 is 0 Å². The molecule has 4 heteroatoms. The van der Waals surface area contributed by atoms with Crippen LogP contribution in [0.15, 0.2) is 41.8 Å². The highest BCUT2D eigenvalue weighted by atomic mass is 32.1. The van der Waals surface area contributed by atoms with E-state index in [-0.39, 0.29) is 5.78 Å². The molecular weight excluding hydrogens is 280 g/mol. The van der Waals surface area contributed by atoms with Crippen LogP contribution in [0.2, 0.25) is 0 Å². The van der Waals surface area contributed by atoms with E-state index in [9.17, 15) is 4.79 Å². The van der Waals surface area contributed by atoms with Crippen LogP contribution < -0.4 is 0 Å². The molecule has 0 aliphatic carbocycles. The highest BCUT2D eigenvalue weighted by Crippen LogP contribution is 2.14. The maximum Gasteiger partial charge on any atom is 0.176 e. The lowest BCUT2D eigenvalue weighted by Crippen LogP contribution is -2.35. The fourth-order valence-electron chi connectivity index (χ4n) is 2.08. The number of hydrogen-bond donors (Lipinski definition) is 0. The minimum atomic E-state index is 0.0834. The van der Waals surface area contributed by atoms with Crippen molar-refractivity contribution in [1.82, 2.24) is 4.90 Å². The minimum Gasteiger partial charge on any atom is -0.296 e. The first kappa shape index (κ1) is 15.4. The number of likely N-dealkylation sites (N-methyl/N-ethyl adjacent to an activating group) is 1. The van der Waals surface area contributed by atoms with Crippen LogP contribution in [0.5, 0.6) is 0 Å². The van der Waals surface area contributed by atoms with Crippen LogP contribution in [-0.4, -0.2) is 30.3 Å². The smallest absolute Gasteiger partial charge is 0.176 e. The first-order valence-corrected chi connectivity index (χ1v) is 7.74. The molecule has 0 saturated carbocycles. The molecule has 0 radical (unpaired) electrons. The predicted molar refractivity (Wildman–Crippen MR) is 85.6 cm³/mol. The Balaban J connectivity index is 1.93. The molecule has 0 amide bonds. The average molecular weight is 298 g/mol. The second-order valence-electron chi connectivity index (χ2n) is 5.16. The molecule has 2 rings (SSSR count). The molecule has 0 aliphatic heterocycles. The van der Waals surface area contributed by atoms with Gasteiger partial charge in [-0.05, 0) is 44.0 Å². The van der Waals surface area contributed by atoms with Crippen molar-refractivity contribution in [3.05, 3.63) is 57.8 Å². The molecule has 2 aromatic rings. The Kier molecular flexibility index (Phi) is 5.26. The van der Waals surface area contributed by atoms with Crippen LogP contribution in [0.1, 0.15) is 27.7 Å². The summed E-state index contributed by atoms with van der Waals surface area (Å²) < 4.78 is 0. The average Bonchev–Trinajstić information content (AvgIpc) is 3.00. The first-order valence-electron chi connectivity index (χ1n) is 6.86. The zero-order valence-electron chi connectivity index (χ0n) is 12.2. The molecule has 0 bridgehead atoms. The van der Waals surface area contributed by atoms with E-state index in [4.69, 9.17) is 5.26 Å². The van der Waals surface area contributed by atoms with Crippen LogP contribution in [0.3, 0.4) is 0 Å². The van der Waals surface area contributed by atoms with Crippen molar-refractivity contribution in [1.29, 1.82) is 5.26 Å². The number of ketones is 1. The molecule has 0 aliphatic rings. The largest absolute Gasteiger partial charge is 0.296 e. The van der Waals surface area contributed by atoms with Crippen LogP contribution in [0, 0.1) is 11.3 Å². The Morgan fingerprint density at radius 2 is 2.05 bits per heavy atom. The van der Waals surface area contributed by atoms with E-state index < -0.39 is 0 Å². The van der Waals surface area contributed by atoms with E-state index in [0.29, 0.717) is 23.7 Å². The van der Waals surface area contributed by atoms with Crippen molar-refractivity contribution in [2.45, 2.75) is 19.4 Å². The number of benzene rings is 1. The van der Waals surface area contributed by atoms with Gasteiger partial charge in [-0.25, -0.2) is 0 Å². The van der Waals surface area contributed by atoms with Crippen LogP contribution >= 0.6 is 11.3 Å². The fourth-order valence-corrected chi connectivity index (χ4v) is 2.91. The SMILES string of the molecule is CC(Cc1cccs1)N(C)CC(=O)c1ccc(C#N)cc1. The zero-order valence-corrected chi connectivity index (χ0v) is 13.1. The monoisotopic (exact) mass is 298 g/mol. The molecule has 1 unspecified atom stereocenters. The topological polar surface area (TPSA) is 44.1 Å². The van der Waals surface area contributed by atoms with E-state index >= 15 is 0 Å². The van der Waals surface area contributed by atoms with Crippen molar-refractivity contribution in [3.63, 3.8) is 0 Å². The number of Topliss-reactive ketones (excluding diaryl/α,β-unsaturated/α-hetero) is 1. The van der Waals surface area contributed by atoms with Crippen molar-refractivity contribution < 1.29 is 4.79 Å². The lowest BCUT2D eigenvalue weighted by Gasteiger charge is -2.23. The number of hydrogen-bond acceptors (Lipinski definition) is 4. The third kappa shape index (κ3) is 4.25. The lowest BCUT2D eigenvalue weighted by molar-refractivity contribution is 0.0924. The van der Waals surface area contributed by atoms with Gasteiger partial charge in [-0.2, -0.15) is 5.26 Å². The van der Waals surface area contributed by atoms with Gasteiger partial charge in [0.15, 0.2) is 5.78 Å². The van der Waals surface area contributed by atoms with Crippen molar-refractivity contribution in [3.8, 4) is 6.07 Å². The number of carbonyl (C=O) groups is 1. The standard InChI is InChI=1S/C17H18N2OS/c1-13(10-16-4-3-9-21-16)19(2)12-17(20)15-7-5-14(11-18)6-8-15/h3-9,13H,10,12H2,1-2H3. The van der Waals surface area contributed by atoms with Gasteiger partial charge < -0.3 is 0 Å². The summed E-state index contributed by atoms with van der Waals surface area (Å²) in [5.41, 5.74) is 1.23. The summed E-state index contributed by atoms with van der Waals surface area (Å²) in [6.07, 6.45) is 0.953. The molecule has 21 heavy (non-hydrogen) atoms. The van der Waals surface area contributed by atoms with Crippen molar-refractivity contribution in [2.75, 3.05) is 13.6 Å². The summed E-state index contributed by atoms with van der Waals surface area (Å²) in [4.78, 5) is 15.6. The molecule has 0 spiro atoms. The molecule has 1 aromatic carbocycles. The highest BCUT2D eigenvalue weighted by Gasteiger charge is 2.15. The highest BCUT2D eigenvalue weighted by molar-refractivity contribution is 7.09. The fraction of sp³-hybridized carbons (Fsp3) is 0.294. The normalized spacial score (nSPS) is 12.1. The van der Waals surface area contributed by atoms with E-state index in [1.165, 1.54) is 4.88 Å². The zero-order chi connectivity index (χ0) is 15.2. The number of nitriles is 1. The Morgan fingerprint density at radius 1 is 1.33 bits per heavy atom. The molecule has 3 nitrogen and oxygen atoms in total. The summed E-state index contributed by atoms with van der Waals surface area (Å²) in [5, 5.41) is 10.8. The number of thiophene rings is 1. The van der Waals surface area contributed by atoms with Gasteiger partial charge in [0.2, 0.25) is 0 Å². The van der Waals surface area contributed by atoms with Crippen molar-refractivity contribution >= 4 is 17.1 Å². The summed E-state index contributed by atoms with van der Waals surface area (Å²) >= 11 is 1.75. The molecule has 0 fully saturated rings. The van der Waals surface area contributed by atoms with E-state index in [1.807, 2.05) is 7.05 Å². The molecule has 1 atom stereocenters. The second-order valence-corrected chi connectivity index (χ2v) is 6.19. The number of carbonyl (C=O) groups excluding carboxylic acids is 1. The maximum atomic E-state index is 12.2. The van der Waals surface area contributed by atoms with Gasteiger partial charge in [0, 0.05) is 16.5 Å². The summed E-state index contributed by atoms with van der Waals surface area (Å²) in [6, 6.07) is 13.3. The van der Waals surface area contributed by atoms with Crippen LogP contribution in [0.4, 0.5) is 0 Å². The van der Waals surface area contributed by atoms with Gasteiger partial charge in [-0.3, -0.25) is 9.69 Å². The third-order valence-corrected chi connectivity index (χ3v) is 4.46. The number of rotatable bonds is 6. The van der Waals surface area contributed by atoms with Gasteiger partial charge in [0.1, 0.15) is 0 Å². The Morgan fingerprint density at radius 3 is 2.62 bits per heavy atom. The summed E-state index contributed by atoms with van der Waals surface area (Å²) in [6.45, 7) is 2.52. The summed E-state index contributed by atoms with van der Waals surface area (Å²) in [7, 11) is 1.97. The van der Waals surface area contributed by atoms with Gasteiger partial charge in [-0.1, -0.05) is 18.2 Å². The Hall–Kier alpha value is -1.96. The number of nitrogens with zero attached hydrogens (tertiary/aromatic N) is 2. The Bertz CT molecular complexity index is 626. The van der Waals surface area contributed by atoms with E-state index in [2.05, 4.69) is 35.4 Å². The maximum absolute atomic E-state index is 12.2. The molecule has 1 heterocycles. The van der Waals surface area contributed by atoms with E-state index in [1.54, 1.807) is 35.6 Å². The van der Waals surface area contributed by atoms with Gasteiger partial charge in [0.05, 0.1) is 18.2 Å². The Labute approximate surface area is 129 Å². The van der Waals surface area contributed by atoms with Crippen LogP contribution in [0.25, 0.3) is 0 Å². The molecular formula is C17H18N2OS. The summed E-state index contributed by atoms with van der Waals surface area (Å²) in [5.74, 6) is 0.0834. The molecule has 108 valence electrons. The first-order chi connectivity index (χ1) is 10.1. The third-order valence-electron chi connectivity index (χ3n) is 3.56. The molecule has 0 N–H and O–H groups in total. The minimum absolute atomic E-state index is 0.0834. The molecule has 1 aromatic heterocycles. The van der Waals surface area contributed by atoms with E-state index in [0.717, 1.165) is 6.42 Å². The van der Waals surface area contributed by atoms with Crippen molar-refractivity contribution in [2.24, 2.45) is 0 Å². The second kappa shape index (κ2) is 7.16. The lowest BCUT2D eigenvalue weighted by atomic mass is 10.1. The predicted octanol–water partition coefficient (Wildman–Crippen LogP) is 3.37. The quantitative estimate of drug-likeness (QED) is 0.768.